The lowest BCUT2D eigenvalue weighted by molar-refractivity contribution is 0.563. The Morgan fingerprint density at radius 3 is 2.00 bits per heavy atom. The molecule has 1 nitrogen and oxygen atoms in total. The molecular weight excluding hydrogens is 194 g/mol. The van der Waals surface area contributed by atoms with Crippen molar-refractivity contribution in [2.75, 3.05) is 13.1 Å². The third-order valence-corrected chi connectivity index (χ3v) is 2.88. The second-order valence-electron chi connectivity index (χ2n) is 4.50. The van der Waals surface area contributed by atoms with Crippen LogP contribution in [-0.2, 0) is 0 Å². The molecule has 0 atom stereocenters. The van der Waals surface area contributed by atoms with E-state index in [0.717, 1.165) is 6.54 Å². The van der Waals surface area contributed by atoms with E-state index in [9.17, 15) is 0 Å². The molecule has 0 rings (SSSR count). The van der Waals surface area contributed by atoms with Crippen molar-refractivity contribution in [2.24, 2.45) is 0 Å². The maximum absolute atomic E-state index is 3.37. The second-order valence-corrected chi connectivity index (χ2v) is 4.50. The Morgan fingerprint density at radius 1 is 0.750 bits per heavy atom. The molecule has 1 N–H and O–H groups in total. The number of rotatable bonds is 12. The third-order valence-electron chi connectivity index (χ3n) is 2.88. The fourth-order valence-electron chi connectivity index (χ4n) is 1.86. The molecule has 0 aromatic heterocycles. The quantitative estimate of drug-likeness (QED) is 0.375. The molecule has 0 fully saturated rings. The molecular formula is C15H31N. The smallest absolute Gasteiger partial charge is 0.00490 e. The summed E-state index contributed by atoms with van der Waals surface area (Å²) in [4.78, 5) is 0. The average Bonchev–Trinajstić information content (AvgIpc) is 2.31. The molecule has 0 unspecified atom stereocenters. The Labute approximate surface area is 103 Å². The number of hydrogen-bond acceptors (Lipinski definition) is 1. The summed E-state index contributed by atoms with van der Waals surface area (Å²) >= 11 is 0. The zero-order chi connectivity index (χ0) is 11.9. The standard InChI is InChI=1S/C15H31N/c1-3-5-6-7-8-9-10-11-12-13-14-15-16-4-2/h5-6,16H,3-4,7-15H2,1-2H3/b6-5+. The van der Waals surface area contributed by atoms with Crippen LogP contribution in [-0.4, -0.2) is 13.1 Å². The highest BCUT2D eigenvalue weighted by Crippen LogP contribution is 2.08. The van der Waals surface area contributed by atoms with Crippen molar-refractivity contribution in [3.05, 3.63) is 12.2 Å². The first-order valence-electron chi connectivity index (χ1n) is 7.27. The van der Waals surface area contributed by atoms with E-state index >= 15 is 0 Å². The van der Waals surface area contributed by atoms with Gasteiger partial charge in [0.2, 0.25) is 0 Å². The summed E-state index contributed by atoms with van der Waals surface area (Å²) in [6, 6.07) is 0. The Balaban J connectivity index is 2.90. The van der Waals surface area contributed by atoms with E-state index in [1.165, 1.54) is 64.3 Å². The van der Waals surface area contributed by atoms with Crippen molar-refractivity contribution >= 4 is 0 Å². The molecule has 0 aliphatic heterocycles. The van der Waals surface area contributed by atoms with Gasteiger partial charge < -0.3 is 5.32 Å². The van der Waals surface area contributed by atoms with Crippen LogP contribution in [0, 0.1) is 0 Å². The van der Waals surface area contributed by atoms with Crippen LogP contribution in [0.15, 0.2) is 12.2 Å². The van der Waals surface area contributed by atoms with Gasteiger partial charge in [-0.3, -0.25) is 0 Å². The topological polar surface area (TPSA) is 12.0 Å². The van der Waals surface area contributed by atoms with E-state index in [-0.39, 0.29) is 0 Å². The van der Waals surface area contributed by atoms with Crippen molar-refractivity contribution in [1.29, 1.82) is 0 Å². The lowest BCUT2D eigenvalue weighted by Crippen LogP contribution is -2.13. The number of allylic oxidation sites excluding steroid dienone is 2. The molecule has 0 radical (unpaired) electrons. The molecule has 0 aliphatic rings. The molecule has 0 saturated carbocycles. The van der Waals surface area contributed by atoms with Gasteiger partial charge in [-0.15, -0.1) is 0 Å². The predicted molar refractivity (Wildman–Crippen MR) is 74.9 cm³/mol. The van der Waals surface area contributed by atoms with Crippen LogP contribution < -0.4 is 5.32 Å². The summed E-state index contributed by atoms with van der Waals surface area (Å²) in [6.07, 6.45) is 16.9. The van der Waals surface area contributed by atoms with Crippen LogP contribution in [0.3, 0.4) is 0 Å². The first-order valence-corrected chi connectivity index (χ1v) is 7.27. The zero-order valence-electron chi connectivity index (χ0n) is 11.4. The lowest BCUT2D eigenvalue weighted by Gasteiger charge is -2.02. The lowest BCUT2D eigenvalue weighted by atomic mass is 10.1. The Bertz CT molecular complexity index is 140. The van der Waals surface area contributed by atoms with Gasteiger partial charge in [-0.1, -0.05) is 58.1 Å². The Morgan fingerprint density at radius 2 is 1.38 bits per heavy atom. The Kier molecular flexibility index (Phi) is 14.4. The molecule has 0 bridgehead atoms. The van der Waals surface area contributed by atoms with Crippen molar-refractivity contribution in [3.8, 4) is 0 Å². The molecule has 0 heterocycles. The van der Waals surface area contributed by atoms with Crippen LogP contribution in [0.4, 0.5) is 0 Å². The monoisotopic (exact) mass is 225 g/mol. The van der Waals surface area contributed by atoms with Crippen LogP contribution >= 0.6 is 0 Å². The summed E-state index contributed by atoms with van der Waals surface area (Å²) in [7, 11) is 0. The highest BCUT2D eigenvalue weighted by Gasteiger charge is 1.91. The normalized spacial score (nSPS) is 11.4. The van der Waals surface area contributed by atoms with Gasteiger partial charge in [0.25, 0.3) is 0 Å². The molecule has 0 aromatic rings. The third kappa shape index (κ3) is 13.7. The molecule has 0 aliphatic carbocycles. The summed E-state index contributed by atoms with van der Waals surface area (Å²) in [5.41, 5.74) is 0. The van der Waals surface area contributed by atoms with Gasteiger partial charge in [0, 0.05) is 0 Å². The number of nitrogens with one attached hydrogen (secondary N) is 1. The van der Waals surface area contributed by atoms with Crippen molar-refractivity contribution < 1.29 is 0 Å². The number of hydrogen-bond donors (Lipinski definition) is 1. The van der Waals surface area contributed by atoms with Gasteiger partial charge in [-0.05, 0) is 38.8 Å². The summed E-state index contributed by atoms with van der Waals surface area (Å²) in [6.45, 7) is 6.69. The molecule has 1 heteroatoms. The fourth-order valence-corrected chi connectivity index (χ4v) is 1.86. The van der Waals surface area contributed by atoms with E-state index in [0.29, 0.717) is 0 Å². The molecule has 0 aromatic carbocycles. The molecule has 0 spiro atoms. The maximum atomic E-state index is 3.37. The van der Waals surface area contributed by atoms with E-state index in [1.807, 2.05) is 0 Å². The molecule has 0 saturated heterocycles. The molecule has 96 valence electrons. The van der Waals surface area contributed by atoms with Crippen LogP contribution in [0.1, 0.15) is 71.6 Å². The average molecular weight is 225 g/mol. The zero-order valence-corrected chi connectivity index (χ0v) is 11.4. The number of unbranched alkanes of at least 4 members (excludes halogenated alkanes) is 7. The second kappa shape index (κ2) is 14.7. The first-order chi connectivity index (χ1) is 7.91. The van der Waals surface area contributed by atoms with Crippen LogP contribution in [0.5, 0.6) is 0 Å². The van der Waals surface area contributed by atoms with E-state index < -0.39 is 0 Å². The van der Waals surface area contributed by atoms with Crippen LogP contribution in [0.2, 0.25) is 0 Å². The minimum Gasteiger partial charge on any atom is -0.317 e. The summed E-state index contributed by atoms with van der Waals surface area (Å²) in [5, 5.41) is 3.37. The highest BCUT2D eigenvalue weighted by atomic mass is 14.8. The van der Waals surface area contributed by atoms with Crippen LogP contribution in [0.25, 0.3) is 0 Å². The van der Waals surface area contributed by atoms with Gasteiger partial charge in [-0.2, -0.15) is 0 Å². The highest BCUT2D eigenvalue weighted by molar-refractivity contribution is 4.79. The largest absolute Gasteiger partial charge is 0.317 e. The molecule has 0 amide bonds. The molecule has 16 heavy (non-hydrogen) atoms. The van der Waals surface area contributed by atoms with Crippen molar-refractivity contribution in [2.45, 2.75) is 71.6 Å². The minimum absolute atomic E-state index is 1.12. The maximum Gasteiger partial charge on any atom is -0.00490 e. The van der Waals surface area contributed by atoms with Gasteiger partial charge in [-0.25, -0.2) is 0 Å². The van der Waals surface area contributed by atoms with E-state index in [4.69, 9.17) is 0 Å². The van der Waals surface area contributed by atoms with E-state index in [2.05, 4.69) is 31.3 Å². The fraction of sp³-hybridized carbons (Fsp3) is 0.867. The van der Waals surface area contributed by atoms with E-state index in [1.54, 1.807) is 0 Å². The SMILES string of the molecule is CC/C=C/CCCCCCCCCNCC. The summed E-state index contributed by atoms with van der Waals surface area (Å²) < 4.78 is 0. The Hall–Kier alpha value is -0.300. The summed E-state index contributed by atoms with van der Waals surface area (Å²) in [5.74, 6) is 0. The van der Waals surface area contributed by atoms with Crippen molar-refractivity contribution in [3.63, 3.8) is 0 Å². The van der Waals surface area contributed by atoms with Gasteiger partial charge >= 0.3 is 0 Å². The minimum atomic E-state index is 1.12. The predicted octanol–water partition coefficient (Wildman–Crippen LogP) is 4.68. The van der Waals surface area contributed by atoms with Gasteiger partial charge in [0.05, 0.1) is 0 Å². The van der Waals surface area contributed by atoms with Gasteiger partial charge in [0.1, 0.15) is 0 Å². The first kappa shape index (κ1) is 15.7. The van der Waals surface area contributed by atoms with Crippen molar-refractivity contribution in [1.82, 2.24) is 5.32 Å². The van der Waals surface area contributed by atoms with Gasteiger partial charge in [0.15, 0.2) is 0 Å².